The Hall–Kier alpha value is -2.56. The molecule has 2 aromatic carbocycles. The van der Waals surface area contributed by atoms with Crippen LogP contribution in [0, 0.1) is 6.92 Å². The first-order valence-electron chi connectivity index (χ1n) is 10.00. The molecule has 1 heterocycles. The average molecular weight is 498 g/mol. The minimum absolute atomic E-state index is 0.158. The van der Waals surface area contributed by atoms with Crippen LogP contribution < -0.4 is 4.74 Å². The molecule has 0 amide bonds. The summed E-state index contributed by atoms with van der Waals surface area (Å²) >= 11 is 2.88. The maximum absolute atomic E-state index is 12.8. The molecule has 0 radical (unpaired) electrons. The number of aliphatic hydroxyl groups excluding tert-OH is 1. The number of ether oxygens (including phenoxy) is 2. The van der Waals surface area contributed by atoms with E-state index < -0.39 is 17.7 Å². The Labute approximate surface area is 197 Å². The lowest BCUT2D eigenvalue weighted by atomic mass is 10.1. The van der Waals surface area contributed by atoms with E-state index in [1.54, 1.807) is 13.0 Å². The van der Waals surface area contributed by atoms with Crippen LogP contribution in [0.2, 0.25) is 0 Å². The lowest BCUT2D eigenvalue weighted by Crippen LogP contribution is -2.14. The fraction of sp³-hybridized carbons (Fsp3) is 0.304. The number of thioether (sulfide) groups is 1. The Balaban J connectivity index is 1.67. The molecule has 3 rings (SSSR count). The van der Waals surface area contributed by atoms with Crippen LogP contribution in [0.15, 0.2) is 47.4 Å². The number of carbonyl (C=O) groups excluding carboxylic acids is 1. The molecule has 0 aliphatic heterocycles. The molecule has 0 bridgehead atoms. The molecule has 5 nitrogen and oxygen atoms in total. The molecule has 176 valence electrons. The molecule has 0 aliphatic rings. The summed E-state index contributed by atoms with van der Waals surface area (Å²) in [5.74, 6) is 0.697. The van der Waals surface area contributed by atoms with Crippen molar-refractivity contribution in [1.82, 2.24) is 4.98 Å². The van der Waals surface area contributed by atoms with Crippen LogP contribution in [-0.4, -0.2) is 29.3 Å². The summed E-state index contributed by atoms with van der Waals surface area (Å²) in [6.45, 7) is 3.48. The summed E-state index contributed by atoms with van der Waals surface area (Å²) in [7, 11) is 0. The second kappa shape index (κ2) is 11.0. The third kappa shape index (κ3) is 6.72. The van der Waals surface area contributed by atoms with E-state index in [1.165, 1.54) is 35.2 Å². The standard InChI is InChI=1S/C23H22F3NO4S2/c1-3-30-21(29)12-31-19-9-8-17(10-14(19)2)32-13-20-18(11-28)27-22(33-20)15-4-6-16(7-5-15)23(24,25)26/h4-10,28H,3,11-13H2,1-2H3. The van der Waals surface area contributed by atoms with Crippen molar-refractivity contribution < 1.29 is 32.5 Å². The lowest BCUT2D eigenvalue weighted by Gasteiger charge is -2.10. The van der Waals surface area contributed by atoms with Gasteiger partial charge in [-0.25, -0.2) is 9.78 Å². The van der Waals surface area contributed by atoms with Crippen LogP contribution in [0.4, 0.5) is 13.2 Å². The van der Waals surface area contributed by atoms with Gasteiger partial charge < -0.3 is 14.6 Å². The minimum atomic E-state index is -4.39. The number of aliphatic hydroxyl groups is 1. The van der Waals surface area contributed by atoms with Gasteiger partial charge in [0.25, 0.3) is 0 Å². The van der Waals surface area contributed by atoms with Gasteiger partial charge in [-0.1, -0.05) is 12.1 Å². The number of thiazole rings is 1. The lowest BCUT2D eigenvalue weighted by molar-refractivity contribution is -0.145. The van der Waals surface area contributed by atoms with Gasteiger partial charge in [-0.05, 0) is 49.7 Å². The highest BCUT2D eigenvalue weighted by atomic mass is 32.2. The minimum Gasteiger partial charge on any atom is -0.482 e. The van der Waals surface area contributed by atoms with Crippen molar-refractivity contribution in [3.63, 3.8) is 0 Å². The normalized spacial score (nSPS) is 11.5. The maximum atomic E-state index is 12.8. The van der Waals surface area contributed by atoms with E-state index in [-0.39, 0.29) is 13.2 Å². The number of nitrogens with zero attached hydrogens (tertiary/aromatic N) is 1. The van der Waals surface area contributed by atoms with Gasteiger partial charge in [0.15, 0.2) is 6.61 Å². The van der Waals surface area contributed by atoms with E-state index >= 15 is 0 Å². The van der Waals surface area contributed by atoms with E-state index in [2.05, 4.69) is 4.98 Å². The first kappa shape index (κ1) is 25.1. The van der Waals surface area contributed by atoms with Crippen molar-refractivity contribution in [3.05, 3.63) is 64.2 Å². The van der Waals surface area contributed by atoms with E-state index in [1.807, 2.05) is 19.1 Å². The van der Waals surface area contributed by atoms with Gasteiger partial charge in [0.05, 0.1) is 24.5 Å². The van der Waals surface area contributed by atoms with E-state index in [9.17, 15) is 23.1 Å². The summed E-state index contributed by atoms with van der Waals surface area (Å²) in [4.78, 5) is 17.7. The quantitative estimate of drug-likeness (QED) is 0.295. The largest absolute Gasteiger partial charge is 0.482 e. The molecule has 0 aliphatic carbocycles. The summed E-state index contributed by atoms with van der Waals surface area (Å²) < 4.78 is 48.7. The Morgan fingerprint density at radius 1 is 1.18 bits per heavy atom. The number of hydrogen-bond donors (Lipinski definition) is 1. The van der Waals surface area contributed by atoms with Gasteiger partial charge in [-0.2, -0.15) is 13.2 Å². The molecule has 10 heteroatoms. The van der Waals surface area contributed by atoms with Crippen molar-refractivity contribution in [3.8, 4) is 16.3 Å². The van der Waals surface area contributed by atoms with Crippen molar-refractivity contribution in [2.75, 3.05) is 13.2 Å². The highest BCUT2D eigenvalue weighted by Crippen LogP contribution is 2.36. The van der Waals surface area contributed by atoms with Gasteiger partial charge in [0, 0.05) is 21.1 Å². The second-order valence-corrected chi connectivity index (χ2v) is 9.06. The number of esters is 1. The zero-order valence-electron chi connectivity index (χ0n) is 17.9. The van der Waals surface area contributed by atoms with Gasteiger partial charge in [0.1, 0.15) is 10.8 Å². The Kier molecular flexibility index (Phi) is 8.39. The van der Waals surface area contributed by atoms with Crippen molar-refractivity contribution in [2.45, 2.75) is 37.3 Å². The van der Waals surface area contributed by atoms with Gasteiger partial charge in [0.2, 0.25) is 0 Å². The smallest absolute Gasteiger partial charge is 0.416 e. The number of alkyl halides is 3. The molecule has 0 saturated carbocycles. The molecule has 0 atom stereocenters. The van der Waals surface area contributed by atoms with Crippen molar-refractivity contribution >= 4 is 29.1 Å². The van der Waals surface area contributed by atoms with E-state index in [0.717, 1.165) is 27.5 Å². The first-order valence-corrected chi connectivity index (χ1v) is 11.8. The second-order valence-electron chi connectivity index (χ2n) is 6.93. The number of aromatic nitrogens is 1. The summed E-state index contributed by atoms with van der Waals surface area (Å²) in [5, 5.41) is 10.2. The van der Waals surface area contributed by atoms with E-state index in [0.29, 0.717) is 34.4 Å². The van der Waals surface area contributed by atoms with Crippen LogP contribution in [0.25, 0.3) is 10.6 Å². The van der Waals surface area contributed by atoms with Crippen LogP contribution in [0.5, 0.6) is 5.75 Å². The molecule has 1 N–H and O–H groups in total. The molecule has 0 unspecified atom stereocenters. The molecule has 0 saturated heterocycles. The summed E-state index contributed by atoms with van der Waals surface area (Å²) in [6, 6.07) is 10.4. The predicted octanol–water partition coefficient (Wildman–Crippen LogP) is 5.86. The van der Waals surface area contributed by atoms with Crippen molar-refractivity contribution in [1.29, 1.82) is 0 Å². The molecule has 1 aromatic heterocycles. The summed E-state index contributed by atoms with van der Waals surface area (Å²) in [5.41, 5.74) is 1.22. The van der Waals surface area contributed by atoms with Gasteiger partial charge in [-0.3, -0.25) is 0 Å². The molecule has 0 spiro atoms. The fourth-order valence-electron chi connectivity index (χ4n) is 2.91. The Morgan fingerprint density at radius 3 is 2.52 bits per heavy atom. The third-order valence-corrected chi connectivity index (χ3v) is 6.90. The highest BCUT2D eigenvalue weighted by Gasteiger charge is 2.30. The Morgan fingerprint density at radius 2 is 1.91 bits per heavy atom. The number of halogens is 3. The van der Waals surface area contributed by atoms with Crippen LogP contribution >= 0.6 is 23.1 Å². The zero-order chi connectivity index (χ0) is 24.0. The third-order valence-electron chi connectivity index (χ3n) is 4.55. The number of aryl methyl sites for hydroxylation is 1. The predicted molar refractivity (Wildman–Crippen MR) is 121 cm³/mol. The zero-order valence-corrected chi connectivity index (χ0v) is 19.6. The first-order chi connectivity index (χ1) is 15.7. The van der Waals surface area contributed by atoms with E-state index in [4.69, 9.17) is 9.47 Å². The molecule has 0 fully saturated rings. The maximum Gasteiger partial charge on any atom is 0.416 e. The number of benzene rings is 2. The molecular formula is C23H22F3NO4S2. The van der Waals surface area contributed by atoms with Crippen LogP contribution in [-0.2, 0) is 28.1 Å². The Bertz CT molecular complexity index is 1100. The van der Waals surface area contributed by atoms with Crippen molar-refractivity contribution in [2.24, 2.45) is 0 Å². The monoisotopic (exact) mass is 497 g/mol. The number of hydrogen-bond acceptors (Lipinski definition) is 7. The van der Waals surface area contributed by atoms with Gasteiger partial charge >= 0.3 is 12.1 Å². The molecular weight excluding hydrogens is 475 g/mol. The van der Waals surface area contributed by atoms with Crippen LogP contribution in [0.3, 0.4) is 0 Å². The molecule has 33 heavy (non-hydrogen) atoms. The highest BCUT2D eigenvalue weighted by molar-refractivity contribution is 7.98. The topological polar surface area (TPSA) is 68.7 Å². The number of carbonyl (C=O) groups is 1. The van der Waals surface area contributed by atoms with Gasteiger partial charge in [-0.15, -0.1) is 23.1 Å². The average Bonchev–Trinajstić information content (AvgIpc) is 3.20. The molecule has 3 aromatic rings. The number of rotatable bonds is 9. The van der Waals surface area contributed by atoms with Crippen LogP contribution in [0.1, 0.15) is 28.6 Å². The fourth-order valence-corrected chi connectivity index (χ4v) is 5.08. The SMILES string of the molecule is CCOC(=O)COc1ccc(SCc2sc(-c3ccc(C(F)(F)F)cc3)nc2CO)cc1C. The summed E-state index contributed by atoms with van der Waals surface area (Å²) in [6.07, 6.45) is -4.39.